The highest BCUT2D eigenvalue weighted by Gasteiger charge is 2.34. The second kappa shape index (κ2) is 5.77. The molecular weight excluding hydrogens is 281 g/mol. The fourth-order valence-corrected chi connectivity index (χ4v) is 3.34. The predicted octanol–water partition coefficient (Wildman–Crippen LogP) is 1.39. The molecule has 0 aliphatic carbocycles. The Morgan fingerprint density at radius 1 is 1.50 bits per heavy atom. The Kier molecular flexibility index (Phi) is 4.26. The van der Waals surface area contributed by atoms with Crippen molar-refractivity contribution in [3.8, 4) is 6.07 Å². The zero-order valence-electron chi connectivity index (χ0n) is 11.1. The summed E-state index contributed by atoms with van der Waals surface area (Å²) >= 11 is 0. The van der Waals surface area contributed by atoms with Gasteiger partial charge in [0.05, 0.1) is 11.4 Å². The molecule has 0 saturated carbocycles. The molecule has 1 aliphatic heterocycles. The number of halogens is 1. The average molecular weight is 297 g/mol. The normalized spacial score (nSPS) is 16.4. The molecule has 0 radical (unpaired) electrons. The maximum atomic E-state index is 13.4. The standard InChI is InChI=1S/C13H16FN3O2S/c1-2-20(18,19)17-8-10(9-17)7-16-13-5-3-4-12(14)11(13)6-15/h3-5,10,16H,2,7-9H2,1H3. The van der Waals surface area contributed by atoms with Gasteiger partial charge in [0.1, 0.15) is 17.4 Å². The quantitative estimate of drug-likeness (QED) is 0.891. The highest BCUT2D eigenvalue weighted by Crippen LogP contribution is 2.22. The molecule has 0 spiro atoms. The molecule has 1 aromatic carbocycles. The average Bonchev–Trinajstić information content (AvgIpc) is 2.37. The molecule has 0 aromatic heterocycles. The van der Waals surface area contributed by atoms with Crippen LogP contribution in [0.4, 0.5) is 10.1 Å². The summed E-state index contributed by atoms with van der Waals surface area (Å²) in [6.45, 7) is 3.08. The Balaban J connectivity index is 1.90. The number of sulfonamides is 1. The molecule has 1 aliphatic rings. The van der Waals surface area contributed by atoms with Crippen molar-refractivity contribution in [1.82, 2.24) is 4.31 Å². The van der Waals surface area contributed by atoms with Crippen molar-refractivity contribution in [1.29, 1.82) is 5.26 Å². The number of nitrogens with one attached hydrogen (secondary N) is 1. The molecule has 20 heavy (non-hydrogen) atoms. The second-order valence-corrected chi connectivity index (χ2v) is 7.00. The molecule has 5 nitrogen and oxygen atoms in total. The van der Waals surface area contributed by atoms with Gasteiger partial charge in [-0.3, -0.25) is 0 Å². The highest BCUT2D eigenvalue weighted by molar-refractivity contribution is 7.89. The minimum Gasteiger partial charge on any atom is -0.384 e. The lowest BCUT2D eigenvalue weighted by Gasteiger charge is -2.38. The fourth-order valence-electron chi connectivity index (χ4n) is 2.10. The molecule has 2 rings (SSSR count). The summed E-state index contributed by atoms with van der Waals surface area (Å²) in [5.41, 5.74) is 0.439. The first-order valence-electron chi connectivity index (χ1n) is 6.38. The van der Waals surface area contributed by atoms with Crippen LogP contribution < -0.4 is 5.32 Å². The lowest BCUT2D eigenvalue weighted by molar-refractivity contribution is 0.212. The summed E-state index contributed by atoms with van der Waals surface area (Å²) in [6, 6.07) is 6.24. The van der Waals surface area contributed by atoms with E-state index in [1.807, 2.05) is 6.07 Å². The number of benzene rings is 1. The van der Waals surface area contributed by atoms with Crippen LogP contribution in [0.2, 0.25) is 0 Å². The topological polar surface area (TPSA) is 73.2 Å². The zero-order valence-corrected chi connectivity index (χ0v) is 12.0. The predicted molar refractivity (Wildman–Crippen MR) is 74.1 cm³/mol. The Bertz CT molecular complexity index is 634. The van der Waals surface area contributed by atoms with Crippen LogP contribution in [0.15, 0.2) is 18.2 Å². The number of hydrogen-bond donors (Lipinski definition) is 1. The van der Waals surface area contributed by atoms with E-state index in [0.717, 1.165) is 0 Å². The molecule has 7 heteroatoms. The molecule has 0 bridgehead atoms. The van der Waals surface area contributed by atoms with Gasteiger partial charge in [-0.15, -0.1) is 0 Å². The SMILES string of the molecule is CCS(=O)(=O)N1CC(CNc2cccc(F)c2C#N)C1. The lowest BCUT2D eigenvalue weighted by atomic mass is 10.0. The summed E-state index contributed by atoms with van der Waals surface area (Å²) in [6.07, 6.45) is 0. The van der Waals surface area contributed by atoms with Crippen molar-refractivity contribution in [2.24, 2.45) is 5.92 Å². The van der Waals surface area contributed by atoms with Crippen molar-refractivity contribution in [3.05, 3.63) is 29.6 Å². The van der Waals surface area contributed by atoms with Crippen LogP contribution in [0.1, 0.15) is 12.5 Å². The van der Waals surface area contributed by atoms with Crippen molar-refractivity contribution >= 4 is 15.7 Å². The summed E-state index contributed by atoms with van der Waals surface area (Å²) in [4.78, 5) is 0. The van der Waals surface area contributed by atoms with Crippen molar-refractivity contribution < 1.29 is 12.8 Å². The van der Waals surface area contributed by atoms with Gasteiger partial charge in [0.2, 0.25) is 10.0 Å². The maximum absolute atomic E-state index is 13.4. The van der Waals surface area contributed by atoms with Crippen molar-refractivity contribution in [3.63, 3.8) is 0 Å². The fraction of sp³-hybridized carbons (Fsp3) is 0.462. The van der Waals surface area contributed by atoms with Crippen LogP contribution >= 0.6 is 0 Å². The molecule has 0 amide bonds. The third-order valence-corrected chi connectivity index (χ3v) is 5.20. The van der Waals surface area contributed by atoms with Gasteiger partial charge in [0.15, 0.2) is 0 Å². The molecule has 0 unspecified atom stereocenters. The van der Waals surface area contributed by atoms with E-state index in [0.29, 0.717) is 25.3 Å². The van der Waals surface area contributed by atoms with Gasteiger partial charge in [0.25, 0.3) is 0 Å². The Labute approximate surface area is 118 Å². The van der Waals surface area contributed by atoms with E-state index in [1.54, 1.807) is 13.0 Å². The van der Waals surface area contributed by atoms with E-state index in [4.69, 9.17) is 5.26 Å². The monoisotopic (exact) mass is 297 g/mol. The molecule has 1 saturated heterocycles. The molecule has 1 fully saturated rings. The number of hydrogen-bond acceptors (Lipinski definition) is 4. The first-order valence-corrected chi connectivity index (χ1v) is 7.99. The maximum Gasteiger partial charge on any atom is 0.213 e. The van der Waals surface area contributed by atoms with Crippen LogP contribution in [-0.4, -0.2) is 38.1 Å². The van der Waals surface area contributed by atoms with Crippen molar-refractivity contribution in [2.45, 2.75) is 6.92 Å². The Hall–Kier alpha value is -1.65. The highest BCUT2D eigenvalue weighted by atomic mass is 32.2. The molecule has 0 atom stereocenters. The summed E-state index contributed by atoms with van der Waals surface area (Å²) < 4.78 is 37.9. The zero-order chi connectivity index (χ0) is 14.8. The molecule has 1 aromatic rings. The smallest absolute Gasteiger partial charge is 0.213 e. The first kappa shape index (κ1) is 14.8. The number of rotatable bonds is 5. The van der Waals surface area contributed by atoms with Crippen LogP contribution in [0.25, 0.3) is 0 Å². The third kappa shape index (κ3) is 2.92. The van der Waals surface area contributed by atoms with Gasteiger partial charge in [-0.25, -0.2) is 17.1 Å². The van der Waals surface area contributed by atoms with E-state index in [2.05, 4.69) is 5.32 Å². The van der Waals surface area contributed by atoms with Gasteiger partial charge in [0, 0.05) is 25.6 Å². The largest absolute Gasteiger partial charge is 0.384 e. The van der Waals surface area contributed by atoms with Crippen molar-refractivity contribution in [2.75, 3.05) is 30.7 Å². The minimum atomic E-state index is -3.10. The van der Waals surface area contributed by atoms with E-state index >= 15 is 0 Å². The minimum absolute atomic E-state index is 0.00939. The van der Waals surface area contributed by atoms with Gasteiger partial charge in [-0.05, 0) is 19.1 Å². The van der Waals surface area contributed by atoms with Gasteiger partial charge in [-0.2, -0.15) is 5.26 Å². The summed E-state index contributed by atoms with van der Waals surface area (Å²) in [5.74, 6) is -0.261. The van der Waals surface area contributed by atoms with Crippen LogP contribution in [0, 0.1) is 23.1 Å². The van der Waals surface area contributed by atoms with Gasteiger partial charge in [-0.1, -0.05) is 6.07 Å². The van der Waals surface area contributed by atoms with Gasteiger partial charge < -0.3 is 5.32 Å². The summed E-state index contributed by atoms with van der Waals surface area (Å²) in [7, 11) is -3.10. The molecular formula is C13H16FN3O2S. The lowest BCUT2D eigenvalue weighted by Crippen LogP contribution is -2.52. The second-order valence-electron chi connectivity index (χ2n) is 4.74. The Morgan fingerprint density at radius 2 is 2.20 bits per heavy atom. The third-order valence-electron chi connectivity index (χ3n) is 3.39. The van der Waals surface area contributed by atoms with E-state index in [-0.39, 0.29) is 17.2 Å². The first-order chi connectivity index (χ1) is 9.47. The number of nitrogens with zero attached hydrogens (tertiary/aromatic N) is 2. The summed E-state index contributed by atoms with van der Waals surface area (Å²) in [5, 5.41) is 11.9. The van der Waals surface area contributed by atoms with E-state index < -0.39 is 15.8 Å². The van der Waals surface area contributed by atoms with Crippen LogP contribution in [-0.2, 0) is 10.0 Å². The Morgan fingerprint density at radius 3 is 2.80 bits per heavy atom. The molecule has 108 valence electrons. The molecule has 1 heterocycles. The number of nitriles is 1. The number of anilines is 1. The van der Waals surface area contributed by atoms with Crippen LogP contribution in [0.3, 0.4) is 0 Å². The molecule has 1 N–H and O–H groups in total. The van der Waals surface area contributed by atoms with E-state index in [1.165, 1.54) is 16.4 Å². The van der Waals surface area contributed by atoms with E-state index in [9.17, 15) is 12.8 Å². The van der Waals surface area contributed by atoms with Crippen LogP contribution in [0.5, 0.6) is 0 Å². The van der Waals surface area contributed by atoms with Gasteiger partial charge >= 0.3 is 0 Å².